The molecule has 2 aliphatic rings. The van der Waals surface area contributed by atoms with Gasteiger partial charge in [0.1, 0.15) is 5.82 Å². The number of carbonyl (C=O) groups is 1. The third-order valence-electron chi connectivity index (χ3n) is 5.23. The van der Waals surface area contributed by atoms with Gasteiger partial charge in [0, 0.05) is 12.7 Å². The van der Waals surface area contributed by atoms with Gasteiger partial charge in [-0.2, -0.15) is 0 Å². The summed E-state index contributed by atoms with van der Waals surface area (Å²) >= 11 is 0. The minimum absolute atomic E-state index is 0.0724. The number of carbonyl (C=O) groups excluding carboxylic acids is 1. The molecule has 2 N–H and O–H groups in total. The van der Waals surface area contributed by atoms with E-state index >= 15 is 0 Å². The summed E-state index contributed by atoms with van der Waals surface area (Å²) in [5.74, 6) is 0.0817. The lowest BCUT2D eigenvalue weighted by molar-refractivity contribution is -0.117. The maximum Gasteiger partial charge on any atom is 0.253 e. The van der Waals surface area contributed by atoms with Crippen molar-refractivity contribution in [3.05, 3.63) is 77.2 Å². The van der Waals surface area contributed by atoms with Gasteiger partial charge in [0.2, 0.25) is 0 Å². The van der Waals surface area contributed by atoms with E-state index in [-0.39, 0.29) is 17.8 Å². The van der Waals surface area contributed by atoms with Crippen LogP contribution in [-0.4, -0.2) is 5.91 Å². The van der Waals surface area contributed by atoms with Crippen LogP contribution in [0.15, 0.2) is 54.7 Å². The van der Waals surface area contributed by atoms with Crippen molar-refractivity contribution in [3.8, 4) is 0 Å². The Kier molecular flexibility index (Phi) is 4.26. The number of benzene rings is 2. The summed E-state index contributed by atoms with van der Waals surface area (Å²) < 4.78 is 13.3. The number of hydrogen-bond donors (Lipinski definition) is 2. The molecule has 0 unspecified atom stereocenters. The van der Waals surface area contributed by atoms with Gasteiger partial charge >= 0.3 is 0 Å². The van der Waals surface area contributed by atoms with Crippen molar-refractivity contribution < 1.29 is 9.18 Å². The van der Waals surface area contributed by atoms with Crippen LogP contribution in [0.25, 0.3) is 5.57 Å². The van der Waals surface area contributed by atoms with E-state index in [1.165, 1.54) is 18.6 Å². The largest absolute Gasteiger partial charge is 0.386 e. The summed E-state index contributed by atoms with van der Waals surface area (Å²) in [5, 5.41) is 6.37. The molecule has 1 aliphatic heterocycles. The molecule has 1 atom stereocenters. The highest BCUT2D eigenvalue weighted by molar-refractivity contribution is 6.20. The molecule has 1 fully saturated rings. The molecule has 0 aromatic heterocycles. The Morgan fingerprint density at radius 1 is 1.12 bits per heavy atom. The third kappa shape index (κ3) is 3.16. The van der Waals surface area contributed by atoms with Gasteiger partial charge in [0.25, 0.3) is 5.91 Å². The van der Waals surface area contributed by atoms with E-state index in [1.54, 1.807) is 18.3 Å². The number of halogens is 1. The number of amides is 1. The number of fused-ring (bicyclic) bond motifs is 1. The van der Waals surface area contributed by atoms with E-state index in [4.69, 9.17) is 0 Å². The molecule has 25 heavy (non-hydrogen) atoms. The second-order valence-corrected chi connectivity index (χ2v) is 6.79. The third-order valence-corrected chi connectivity index (χ3v) is 5.23. The fraction of sp³-hybridized carbons (Fsp3) is 0.286. The molecule has 4 heteroatoms. The Hall–Kier alpha value is -2.62. The molecule has 0 bridgehead atoms. The molecule has 0 saturated heterocycles. The first-order chi connectivity index (χ1) is 12.2. The predicted molar refractivity (Wildman–Crippen MR) is 95.9 cm³/mol. The molecule has 4 rings (SSSR count). The molecular weight excluding hydrogens is 315 g/mol. The summed E-state index contributed by atoms with van der Waals surface area (Å²) in [6.07, 6.45) is 5.16. The standard InChI is InChI=1S/C21H21FN2O/c22-17-10-8-15(9-11-17)20(14-5-3-6-14)24-21(25)19-13-23-12-16-4-1-2-7-18(16)19/h1-2,4,7-11,13-14,20,23H,3,5-6,12H2,(H,24,25)/t20-/m0/s1. The highest BCUT2D eigenvalue weighted by atomic mass is 19.1. The van der Waals surface area contributed by atoms with Crippen LogP contribution in [0.2, 0.25) is 0 Å². The minimum atomic E-state index is -0.254. The van der Waals surface area contributed by atoms with Crippen molar-refractivity contribution >= 4 is 11.5 Å². The van der Waals surface area contributed by atoms with Crippen LogP contribution < -0.4 is 10.6 Å². The Morgan fingerprint density at radius 2 is 1.88 bits per heavy atom. The highest BCUT2D eigenvalue weighted by Crippen LogP contribution is 2.38. The lowest BCUT2D eigenvalue weighted by Crippen LogP contribution is -2.37. The quantitative estimate of drug-likeness (QED) is 0.888. The minimum Gasteiger partial charge on any atom is -0.386 e. The lowest BCUT2D eigenvalue weighted by atomic mass is 9.77. The molecule has 2 aromatic carbocycles. The molecule has 128 valence electrons. The summed E-state index contributed by atoms with van der Waals surface area (Å²) in [7, 11) is 0. The summed E-state index contributed by atoms with van der Waals surface area (Å²) in [4.78, 5) is 13.0. The topological polar surface area (TPSA) is 41.1 Å². The average molecular weight is 336 g/mol. The monoisotopic (exact) mass is 336 g/mol. The number of nitrogens with one attached hydrogen (secondary N) is 2. The number of rotatable bonds is 4. The SMILES string of the molecule is O=C(N[C@H](c1ccc(F)cc1)C1CCC1)C1=CNCc2ccccc21. The first-order valence-electron chi connectivity index (χ1n) is 8.80. The Bertz CT molecular complexity index is 809. The molecule has 0 spiro atoms. The van der Waals surface area contributed by atoms with Gasteiger partial charge in [-0.3, -0.25) is 4.79 Å². The van der Waals surface area contributed by atoms with E-state index in [9.17, 15) is 9.18 Å². The second kappa shape index (κ2) is 6.71. The smallest absolute Gasteiger partial charge is 0.253 e. The molecule has 1 aliphatic carbocycles. The molecule has 0 radical (unpaired) electrons. The fourth-order valence-corrected chi connectivity index (χ4v) is 3.60. The summed E-state index contributed by atoms with van der Waals surface area (Å²) in [6, 6.07) is 14.4. The zero-order valence-electron chi connectivity index (χ0n) is 14.0. The van der Waals surface area contributed by atoms with Crippen LogP contribution in [-0.2, 0) is 11.3 Å². The van der Waals surface area contributed by atoms with Gasteiger partial charge in [-0.1, -0.05) is 42.8 Å². The van der Waals surface area contributed by atoms with Crippen molar-refractivity contribution in [1.82, 2.24) is 10.6 Å². The summed E-state index contributed by atoms with van der Waals surface area (Å²) in [5.41, 5.74) is 3.73. The van der Waals surface area contributed by atoms with Crippen molar-refractivity contribution in [2.24, 2.45) is 5.92 Å². The van der Waals surface area contributed by atoms with E-state index in [1.807, 2.05) is 24.3 Å². The Labute approximate surface area is 146 Å². The predicted octanol–water partition coefficient (Wildman–Crippen LogP) is 3.93. The lowest BCUT2D eigenvalue weighted by Gasteiger charge is -2.35. The van der Waals surface area contributed by atoms with Crippen LogP contribution >= 0.6 is 0 Å². The molecule has 3 nitrogen and oxygen atoms in total. The molecular formula is C21H21FN2O. The van der Waals surface area contributed by atoms with Gasteiger partial charge in [0.05, 0.1) is 11.6 Å². The first-order valence-corrected chi connectivity index (χ1v) is 8.80. The molecule has 2 aromatic rings. The maximum absolute atomic E-state index is 13.3. The van der Waals surface area contributed by atoms with Crippen LogP contribution in [0.4, 0.5) is 4.39 Å². The van der Waals surface area contributed by atoms with Gasteiger partial charge < -0.3 is 10.6 Å². The molecule has 1 heterocycles. The first kappa shape index (κ1) is 15.9. The van der Waals surface area contributed by atoms with Gasteiger partial charge in [-0.25, -0.2) is 4.39 Å². The molecule has 1 saturated carbocycles. The molecule has 1 amide bonds. The van der Waals surface area contributed by atoms with Crippen LogP contribution in [0.1, 0.15) is 42.0 Å². The van der Waals surface area contributed by atoms with E-state index in [0.717, 1.165) is 36.1 Å². The normalized spacial score (nSPS) is 17.6. The van der Waals surface area contributed by atoms with Crippen molar-refractivity contribution in [2.45, 2.75) is 31.8 Å². The Balaban J connectivity index is 1.59. The van der Waals surface area contributed by atoms with E-state index in [0.29, 0.717) is 11.5 Å². The van der Waals surface area contributed by atoms with Crippen LogP contribution in [0.5, 0.6) is 0 Å². The zero-order chi connectivity index (χ0) is 17.2. The van der Waals surface area contributed by atoms with Gasteiger partial charge in [-0.05, 0) is 47.6 Å². The van der Waals surface area contributed by atoms with Crippen LogP contribution in [0, 0.1) is 11.7 Å². The van der Waals surface area contributed by atoms with Crippen molar-refractivity contribution in [1.29, 1.82) is 0 Å². The second-order valence-electron chi connectivity index (χ2n) is 6.79. The van der Waals surface area contributed by atoms with Crippen LogP contribution in [0.3, 0.4) is 0 Å². The fourth-order valence-electron chi connectivity index (χ4n) is 3.60. The van der Waals surface area contributed by atoms with Crippen molar-refractivity contribution in [3.63, 3.8) is 0 Å². The van der Waals surface area contributed by atoms with Gasteiger partial charge in [0.15, 0.2) is 0 Å². The maximum atomic E-state index is 13.3. The number of hydrogen-bond acceptors (Lipinski definition) is 2. The average Bonchev–Trinajstić information content (AvgIpc) is 2.60. The van der Waals surface area contributed by atoms with E-state index in [2.05, 4.69) is 10.6 Å². The van der Waals surface area contributed by atoms with Crippen molar-refractivity contribution in [2.75, 3.05) is 0 Å². The zero-order valence-corrected chi connectivity index (χ0v) is 14.0. The van der Waals surface area contributed by atoms with Gasteiger partial charge in [-0.15, -0.1) is 0 Å². The van der Waals surface area contributed by atoms with E-state index < -0.39 is 0 Å². The Morgan fingerprint density at radius 3 is 2.60 bits per heavy atom. The highest BCUT2D eigenvalue weighted by Gasteiger charge is 2.31. The summed E-state index contributed by atoms with van der Waals surface area (Å²) in [6.45, 7) is 0.733.